The van der Waals surface area contributed by atoms with Crippen LogP contribution in [0.5, 0.6) is 5.75 Å². The van der Waals surface area contributed by atoms with Crippen molar-refractivity contribution in [3.05, 3.63) is 29.3 Å². The summed E-state index contributed by atoms with van der Waals surface area (Å²) in [5.41, 5.74) is 2.23. The van der Waals surface area contributed by atoms with Crippen molar-refractivity contribution < 1.29 is 9.53 Å². The molecule has 1 aromatic rings. The van der Waals surface area contributed by atoms with Gasteiger partial charge in [-0.25, -0.2) is 4.79 Å². The first kappa shape index (κ1) is 9.06. The number of nitrogens with one attached hydrogen (secondary N) is 1. The smallest absolute Gasteiger partial charge is 0.410 e. The third kappa shape index (κ3) is 1.58. The minimum absolute atomic E-state index is 0.363. The Morgan fingerprint density at radius 2 is 2.21 bits per heavy atom. The van der Waals surface area contributed by atoms with E-state index >= 15 is 0 Å². The number of ether oxygens (including phenoxy) is 1. The lowest BCUT2D eigenvalue weighted by Crippen LogP contribution is -2.31. The zero-order valence-corrected chi connectivity index (χ0v) is 8.33. The van der Waals surface area contributed by atoms with Gasteiger partial charge >= 0.3 is 6.09 Å². The van der Waals surface area contributed by atoms with Crippen LogP contribution in [0, 0.1) is 0 Å². The predicted molar refractivity (Wildman–Crippen MR) is 53.4 cm³/mol. The lowest BCUT2D eigenvalue weighted by Gasteiger charge is -2.18. The fraction of sp³-hybridized carbons (Fsp3) is 0.364. The highest BCUT2D eigenvalue weighted by atomic mass is 16.6. The van der Waals surface area contributed by atoms with Gasteiger partial charge in [-0.2, -0.15) is 0 Å². The van der Waals surface area contributed by atoms with E-state index in [9.17, 15) is 4.79 Å². The molecular formula is C11H13NO2. The van der Waals surface area contributed by atoms with Crippen LogP contribution in [-0.2, 0) is 6.54 Å². The molecule has 2 rings (SSSR count). The van der Waals surface area contributed by atoms with E-state index in [4.69, 9.17) is 4.74 Å². The minimum atomic E-state index is -0.363. The molecule has 0 aliphatic carbocycles. The molecule has 0 atom stereocenters. The SMILES string of the molecule is CC(C)c1ccc2c(c1)OC(=O)NC2. The first-order chi connectivity index (χ1) is 6.66. The highest BCUT2D eigenvalue weighted by Gasteiger charge is 2.16. The van der Waals surface area contributed by atoms with Crippen LogP contribution in [0.25, 0.3) is 0 Å². The summed E-state index contributed by atoms with van der Waals surface area (Å²) in [6.07, 6.45) is -0.363. The molecule has 0 aromatic heterocycles. The molecule has 74 valence electrons. The van der Waals surface area contributed by atoms with Gasteiger partial charge in [0.15, 0.2) is 0 Å². The van der Waals surface area contributed by atoms with Crippen molar-refractivity contribution >= 4 is 6.09 Å². The Morgan fingerprint density at radius 1 is 1.43 bits per heavy atom. The molecule has 14 heavy (non-hydrogen) atoms. The average Bonchev–Trinajstić information content (AvgIpc) is 2.16. The van der Waals surface area contributed by atoms with Crippen LogP contribution in [-0.4, -0.2) is 6.09 Å². The molecule has 1 N–H and O–H groups in total. The van der Waals surface area contributed by atoms with Crippen molar-refractivity contribution in [2.45, 2.75) is 26.3 Å². The zero-order chi connectivity index (χ0) is 10.1. The second kappa shape index (κ2) is 3.33. The van der Waals surface area contributed by atoms with Gasteiger partial charge < -0.3 is 10.1 Å². The van der Waals surface area contributed by atoms with E-state index in [0.29, 0.717) is 18.2 Å². The number of rotatable bonds is 1. The second-order valence-electron chi connectivity index (χ2n) is 3.76. The fourth-order valence-corrected chi connectivity index (χ4v) is 1.47. The van der Waals surface area contributed by atoms with Gasteiger partial charge in [0.2, 0.25) is 0 Å². The van der Waals surface area contributed by atoms with Gasteiger partial charge in [0, 0.05) is 12.1 Å². The minimum Gasteiger partial charge on any atom is -0.410 e. The molecule has 1 heterocycles. The van der Waals surface area contributed by atoms with Gasteiger partial charge in [-0.15, -0.1) is 0 Å². The monoisotopic (exact) mass is 191 g/mol. The van der Waals surface area contributed by atoms with E-state index in [1.54, 1.807) is 0 Å². The lowest BCUT2D eigenvalue weighted by atomic mass is 10.0. The van der Waals surface area contributed by atoms with Crippen molar-refractivity contribution in [1.29, 1.82) is 0 Å². The molecule has 0 fully saturated rings. The van der Waals surface area contributed by atoms with Crippen LogP contribution < -0.4 is 10.1 Å². The third-order valence-electron chi connectivity index (χ3n) is 2.38. The molecular weight excluding hydrogens is 178 g/mol. The summed E-state index contributed by atoms with van der Waals surface area (Å²) in [6, 6.07) is 6.02. The quantitative estimate of drug-likeness (QED) is 0.740. The standard InChI is InChI=1S/C11H13NO2/c1-7(2)8-3-4-9-6-12-11(13)14-10(9)5-8/h3-5,7H,6H2,1-2H3,(H,12,13). The van der Waals surface area contributed by atoms with Crippen LogP contribution in [0.4, 0.5) is 4.79 Å². The molecule has 3 nitrogen and oxygen atoms in total. The molecule has 0 unspecified atom stereocenters. The predicted octanol–water partition coefficient (Wildman–Crippen LogP) is 2.41. The van der Waals surface area contributed by atoms with Crippen LogP contribution in [0.15, 0.2) is 18.2 Å². The van der Waals surface area contributed by atoms with Crippen molar-refractivity contribution in [3.63, 3.8) is 0 Å². The maximum atomic E-state index is 11.0. The Hall–Kier alpha value is -1.51. The van der Waals surface area contributed by atoms with E-state index in [2.05, 4.69) is 25.2 Å². The first-order valence-electron chi connectivity index (χ1n) is 4.75. The zero-order valence-electron chi connectivity index (χ0n) is 8.33. The Labute approximate surface area is 83.1 Å². The van der Waals surface area contributed by atoms with Gasteiger partial charge in [-0.05, 0) is 17.5 Å². The lowest BCUT2D eigenvalue weighted by molar-refractivity contribution is 0.194. The van der Waals surface area contributed by atoms with Gasteiger partial charge in [-0.1, -0.05) is 26.0 Å². The number of fused-ring (bicyclic) bond motifs is 1. The number of carbonyl (C=O) groups excluding carboxylic acids is 1. The Kier molecular flexibility index (Phi) is 2.15. The Bertz CT molecular complexity index is 372. The summed E-state index contributed by atoms with van der Waals surface area (Å²) in [5, 5.41) is 2.63. The molecule has 1 aliphatic heterocycles. The molecule has 0 saturated heterocycles. The van der Waals surface area contributed by atoms with Gasteiger partial charge in [0.05, 0.1) is 0 Å². The number of benzene rings is 1. The number of hydrogen-bond acceptors (Lipinski definition) is 2. The molecule has 0 saturated carbocycles. The highest BCUT2D eigenvalue weighted by Crippen LogP contribution is 2.26. The first-order valence-corrected chi connectivity index (χ1v) is 4.75. The highest BCUT2D eigenvalue weighted by molar-refractivity contribution is 5.73. The summed E-state index contributed by atoms with van der Waals surface area (Å²) < 4.78 is 5.07. The van der Waals surface area contributed by atoms with E-state index < -0.39 is 0 Å². The van der Waals surface area contributed by atoms with Gasteiger partial charge in [0.25, 0.3) is 0 Å². The molecule has 0 bridgehead atoms. The van der Waals surface area contributed by atoms with Gasteiger partial charge in [-0.3, -0.25) is 0 Å². The van der Waals surface area contributed by atoms with Crippen LogP contribution in [0.3, 0.4) is 0 Å². The molecule has 1 aromatic carbocycles. The normalized spacial score (nSPS) is 14.6. The number of hydrogen-bond donors (Lipinski definition) is 1. The third-order valence-corrected chi connectivity index (χ3v) is 2.38. The molecule has 0 spiro atoms. The van der Waals surface area contributed by atoms with Gasteiger partial charge in [0.1, 0.15) is 5.75 Å². The largest absolute Gasteiger partial charge is 0.412 e. The van der Waals surface area contributed by atoms with Crippen molar-refractivity contribution in [3.8, 4) is 5.75 Å². The second-order valence-corrected chi connectivity index (χ2v) is 3.76. The summed E-state index contributed by atoms with van der Waals surface area (Å²) >= 11 is 0. The van der Waals surface area contributed by atoms with Crippen molar-refractivity contribution in [2.75, 3.05) is 0 Å². The van der Waals surface area contributed by atoms with Crippen molar-refractivity contribution in [2.24, 2.45) is 0 Å². The Morgan fingerprint density at radius 3 is 2.93 bits per heavy atom. The molecule has 1 amide bonds. The van der Waals surface area contributed by atoms with Crippen molar-refractivity contribution in [1.82, 2.24) is 5.32 Å². The topological polar surface area (TPSA) is 38.3 Å². The number of carbonyl (C=O) groups is 1. The molecule has 1 aliphatic rings. The summed E-state index contributed by atoms with van der Waals surface area (Å²) in [4.78, 5) is 11.0. The van der Waals surface area contributed by atoms with Crippen LogP contribution in [0.2, 0.25) is 0 Å². The fourth-order valence-electron chi connectivity index (χ4n) is 1.47. The molecule has 3 heteroatoms. The molecule has 0 radical (unpaired) electrons. The maximum absolute atomic E-state index is 11.0. The van der Waals surface area contributed by atoms with Crippen LogP contribution >= 0.6 is 0 Å². The Balaban J connectivity index is 2.37. The van der Waals surface area contributed by atoms with Crippen LogP contribution in [0.1, 0.15) is 30.9 Å². The summed E-state index contributed by atoms with van der Waals surface area (Å²) in [6.45, 7) is 4.79. The van der Waals surface area contributed by atoms with E-state index in [-0.39, 0.29) is 6.09 Å². The van der Waals surface area contributed by atoms with E-state index in [0.717, 1.165) is 5.56 Å². The average molecular weight is 191 g/mol. The summed E-state index contributed by atoms with van der Waals surface area (Å²) in [5.74, 6) is 1.15. The number of amides is 1. The van der Waals surface area contributed by atoms with E-state index in [1.165, 1.54) is 5.56 Å². The van der Waals surface area contributed by atoms with E-state index in [1.807, 2.05) is 12.1 Å². The summed E-state index contributed by atoms with van der Waals surface area (Å²) in [7, 11) is 0. The maximum Gasteiger partial charge on any atom is 0.412 e.